The highest BCUT2D eigenvalue weighted by atomic mass is 32.2. The summed E-state index contributed by atoms with van der Waals surface area (Å²) in [5, 5.41) is 0. The molecule has 0 saturated carbocycles. The maximum absolute atomic E-state index is 13.6. The highest BCUT2D eigenvalue weighted by Gasteiger charge is 2.29. The van der Waals surface area contributed by atoms with Crippen LogP contribution in [0.5, 0.6) is 0 Å². The van der Waals surface area contributed by atoms with Gasteiger partial charge in [0.1, 0.15) is 17.4 Å². The molecule has 2 aromatic carbocycles. The lowest BCUT2D eigenvalue weighted by Crippen LogP contribution is -2.16. The second-order valence-electron chi connectivity index (χ2n) is 4.74. The van der Waals surface area contributed by atoms with E-state index in [1.807, 2.05) is 24.3 Å². The summed E-state index contributed by atoms with van der Waals surface area (Å²) in [6.45, 7) is 0. The van der Waals surface area contributed by atoms with Crippen LogP contribution in [0.1, 0.15) is 17.0 Å². The van der Waals surface area contributed by atoms with Crippen molar-refractivity contribution < 1.29 is 13.6 Å². The molecule has 1 aliphatic rings. The Kier molecular flexibility index (Phi) is 3.57. The van der Waals surface area contributed by atoms with Crippen molar-refractivity contribution in [1.29, 1.82) is 0 Å². The van der Waals surface area contributed by atoms with Crippen molar-refractivity contribution in [3.05, 3.63) is 65.2 Å². The normalized spacial score (nSPS) is 17.0. The van der Waals surface area contributed by atoms with E-state index >= 15 is 0 Å². The Labute approximate surface area is 120 Å². The second kappa shape index (κ2) is 5.37. The molecule has 0 saturated heterocycles. The third kappa shape index (κ3) is 2.36. The number of rotatable bonds is 3. The Bertz CT molecular complexity index is 649. The van der Waals surface area contributed by atoms with E-state index in [-0.39, 0.29) is 23.7 Å². The number of hydrogen-bond donors (Lipinski definition) is 0. The van der Waals surface area contributed by atoms with Crippen LogP contribution in [0.25, 0.3) is 0 Å². The van der Waals surface area contributed by atoms with Crippen molar-refractivity contribution in [1.82, 2.24) is 0 Å². The maximum atomic E-state index is 13.6. The molecule has 0 fully saturated rings. The molecule has 102 valence electrons. The van der Waals surface area contributed by atoms with Gasteiger partial charge in [-0.25, -0.2) is 8.78 Å². The van der Waals surface area contributed by atoms with Crippen molar-refractivity contribution in [3.63, 3.8) is 0 Å². The number of benzene rings is 2. The average Bonchev–Trinajstić information content (AvgIpc) is 2.87. The largest absolute Gasteiger partial charge is 0.299 e. The van der Waals surface area contributed by atoms with E-state index in [1.54, 1.807) is 11.8 Å². The Morgan fingerprint density at radius 1 is 1.10 bits per heavy atom. The SMILES string of the molecule is O=C(Cc1c(F)cccc1F)C1CSc2ccccc21. The van der Waals surface area contributed by atoms with Gasteiger partial charge < -0.3 is 0 Å². The van der Waals surface area contributed by atoms with Gasteiger partial charge in [0.25, 0.3) is 0 Å². The zero-order valence-corrected chi connectivity index (χ0v) is 11.4. The summed E-state index contributed by atoms with van der Waals surface area (Å²) >= 11 is 1.61. The first-order chi connectivity index (χ1) is 9.66. The van der Waals surface area contributed by atoms with Crippen LogP contribution in [-0.2, 0) is 11.2 Å². The summed E-state index contributed by atoms with van der Waals surface area (Å²) in [6, 6.07) is 11.4. The fourth-order valence-corrected chi connectivity index (χ4v) is 3.69. The van der Waals surface area contributed by atoms with Crippen molar-refractivity contribution >= 4 is 17.5 Å². The molecule has 4 heteroatoms. The van der Waals surface area contributed by atoms with Crippen LogP contribution in [0.15, 0.2) is 47.4 Å². The van der Waals surface area contributed by atoms with E-state index < -0.39 is 11.6 Å². The molecular weight excluding hydrogens is 278 g/mol. The van der Waals surface area contributed by atoms with E-state index in [9.17, 15) is 13.6 Å². The minimum absolute atomic E-state index is 0.133. The summed E-state index contributed by atoms with van der Waals surface area (Å²) in [5.41, 5.74) is 0.839. The van der Waals surface area contributed by atoms with Crippen LogP contribution in [0.4, 0.5) is 8.78 Å². The molecule has 1 unspecified atom stereocenters. The molecule has 3 rings (SSSR count). The minimum Gasteiger partial charge on any atom is -0.299 e. The van der Waals surface area contributed by atoms with Crippen LogP contribution < -0.4 is 0 Å². The van der Waals surface area contributed by atoms with Crippen LogP contribution in [0.3, 0.4) is 0 Å². The summed E-state index contributed by atoms with van der Waals surface area (Å²) < 4.78 is 27.2. The zero-order chi connectivity index (χ0) is 14.1. The van der Waals surface area contributed by atoms with Crippen LogP contribution in [0, 0.1) is 11.6 Å². The Morgan fingerprint density at radius 2 is 1.80 bits per heavy atom. The number of hydrogen-bond acceptors (Lipinski definition) is 2. The van der Waals surface area contributed by atoms with Crippen LogP contribution in [-0.4, -0.2) is 11.5 Å². The van der Waals surface area contributed by atoms with Crippen molar-refractivity contribution in [2.45, 2.75) is 17.2 Å². The zero-order valence-electron chi connectivity index (χ0n) is 10.6. The Balaban J connectivity index is 1.85. The first-order valence-corrected chi connectivity index (χ1v) is 7.32. The predicted molar refractivity (Wildman–Crippen MR) is 75.0 cm³/mol. The number of ketones is 1. The van der Waals surface area contributed by atoms with E-state index in [4.69, 9.17) is 0 Å². The summed E-state index contributed by atoms with van der Waals surface area (Å²) in [4.78, 5) is 13.4. The Morgan fingerprint density at radius 3 is 2.55 bits per heavy atom. The molecule has 1 atom stereocenters. The summed E-state index contributed by atoms with van der Waals surface area (Å²) in [6.07, 6.45) is -0.196. The molecule has 0 aliphatic carbocycles. The van der Waals surface area contributed by atoms with Gasteiger partial charge in [-0.05, 0) is 23.8 Å². The van der Waals surface area contributed by atoms with Crippen molar-refractivity contribution in [2.75, 3.05) is 5.75 Å². The Hall–Kier alpha value is -1.68. The van der Waals surface area contributed by atoms with E-state index in [1.165, 1.54) is 18.2 Å². The maximum Gasteiger partial charge on any atom is 0.145 e. The lowest BCUT2D eigenvalue weighted by atomic mass is 9.92. The van der Waals surface area contributed by atoms with Crippen molar-refractivity contribution in [3.8, 4) is 0 Å². The summed E-state index contributed by atoms with van der Waals surface area (Å²) in [5.74, 6) is -1.06. The van der Waals surface area contributed by atoms with Gasteiger partial charge in [0.15, 0.2) is 0 Å². The van der Waals surface area contributed by atoms with Gasteiger partial charge in [-0.15, -0.1) is 11.8 Å². The van der Waals surface area contributed by atoms with E-state index in [0.717, 1.165) is 10.5 Å². The van der Waals surface area contributed by atoms with Gasteiger partial charge >= 0.3 is 0 Å². The van der Waals surface area contributed by atoms with Crippen LogP contribution in [0.2, 0.25) is 0 Å². The molecule has 1 aliphatic heterocycles. The number of Topliss-reactive ketones (excluding diaryl/α,β-unsaturated/α-hetero) is 1. The molecule has 0 N–H and O–H groups in total. The van der Waals surface area contributed by atoms with Gasteiger partial charge in [-0.2, -0.15) is 0 Å². The second-order valence-corrected chi connectivity index (χ2v) is 5.81. The third-order valence-electron chi connectivity index (χ3n) is 3.50. The van der Waals surface area contributed by atoms with Gasteiger partial charge in [0, 0.05) is 22.6 Å². The standard InChI is InChI=1S/C16H12F2OS/c17-13-5-3-6-14(18)11(13)8-15(19)12-9-20-16-7-2-1-4-10(12)16/h1-7,12H,8-9H2. The molecule has 1 heterocycles. The molecule has 0 bridgehead atoms. The smallest absolute Gasteiger partial charge is 0.145 e. The number of halogens is 2. The number of thioether (sulfide) groups is 1. The van der Waals surface area contributed by atoms with Gasteiger partial charge in [-0.1, -0.05) is 24.3 Å². The first-order valence-electron chi connectivity index (χ1n) is 6.34. The summed E-state index contributed by atoms with van der Waals surface area (Å²) in [7, 11) is 0. The average molecular weight is 290 g/mol. The molecule has 2 aromatic rings. The van der Waals surface area contributed by atoms with Gasteiger partial charge in [-0.3, -0.25) is 4.79 Å². The highest BCUT2D eigenvalue weighted by Crippen LogP contribution is 2.40. The number of carbonyl (C=O) groups excluding carboxylic acids is 1. The quantitative estimate of drug-likeness (QED) is 0.851. The monoisotopic (exact) mass is 290 g/mol. The van der Waals surface area contributed by atoms with Crippen molar-refractivity contribution in [2.24, 2.45) is 0 Å². The third-order valence-corrected chi connectivity index (χ3v) is 4.68. The molecule has 0 radical (unpaired) electrons. The number of fused-ring (bicyclic) bond motifs is 1. The lowest BCUT2D eigenvalue weighted by molar-refractivity contribution is -0.119. The van der Waals surface area contributed by atoms with Gasteiger partial charge in [0.05, 0.1) is 5.92 Å². The highest BCUT2D eigenvalue weighted by molar-refractivity contribution is 7.99. The number of carbonyl (C=O) groups is 1. The lowest BCUT2D eigenvalue weighted by Gasteiger charge is -2.10. The van der Waals surface area contributed by atoms with Crippen LogP contribution >= 0.6 is 11.8 Å². The predicted octanol–water partition coefficient (Wildman–Crippen LogP) is 3.97. The molecular formula is C16H12F2OS. The minimum atomic E-state index is -0.655. The molecule has 0 aromatic heterocycles. The fraction of sp³-hybridized carbons (Fsp3) is 0.188. The van der Waals surface area contributed by atoms with E-state index in [2.05, 4.69) is 0 Å². The fourth-order valence-electron chi connectivity index (χ4n) is 2.43. The van der Waals surface area contributed by atoms with E-state index in [0.29, 0.717) is 5.75 Å². The molecule has 0 amide bonds. The molecule has 20 heavy (non-hydrogen) atoms. The molecule has 1 nitrogen and oxygen atoms in total. The topological polar surface area (TPSA) is 17.1 Å². The van der Waals surface area contributed by atoms with Gasteiger partial charge in [0.2, 0.25) is 0 Å². The first kappa shape index (κ1) is 13.3. The molecule has 0 spiro atoms.